The number of allylic oxidation sites excluding steroid dienone is 4. The quantitative estimate of drug-likeness (QED) is 0.113. The molecular formula is C61H51N5Si. The second-order valence-corrected chi connectivity index (χ2v) is 23.7. The zero-order valence-corrected chi connectivity index (χ0v) is 38.5. The maximum absolute atomic E-state index is 5.72. The molecule has 0 radical (unpaired) electrons. The molecule has 6 heteroatoms. The van der Waals surface area contributed by atoms with E-state index in [0.717, 1.165) is 57.8 Å². The molecule has 1 aliphatic heterocycles. The van der Waals surface area contributed by atoms with E-state index in [1.165, 1.54) is 80.4 Å². The molecule has 5 unspecified atom stereocenters. The standard InChI is InChI=1S/C61H51N5Si/c1-4-18-47(19-5-1)67(48-20-6-2-7-21-48,49-22-8-3-9-23-49)50-24-16-17-42(38-50)61-62-59(65-55-28-13-10-25-51(55)52-26-11-14-29-56(52)65)40-60(63-61)66-57-30-15-12-27-53(57)54-39-45(33-34-58(54)66)64-44-32-31-41-35-46(64)37-43(41)36-44/h1-30,33-34,39-41,43-44,46,50H,31-32,35-38H2. The van der Waals surface area contributed by atoms with Crippen LogP contribution in [0.4, 0.5) is 5.69 Å². The van der Waals surface area contributed by atoms with Gasteiger partial charge in [-0.2, -0.15) is 0 Å². The molecule has 7 aromatic carbocycles. The van der Waals surface area contributed by atoms with Crippen LogP contribution in [-0.2, 0) is 0 Å². The van der Waals surface area contributed by atoms with Crippen molar-refractivity contribution in [3.8, 4) is 11.6 Å². The second kappa shape index (κ2) is 15.4. The van der Waals surface area contributed by atoms with Crippen molar-refractivity contribution in [1.82, 2.24) is 19.1 Å². The first-order valence-electron chi connectivity index (χ1n) is 24.4. The van der Waals surface area contributed by atoms with Crippen molar-refractivity contribution >= 4 is 78.5 Å². The largest absolute Gasteiger partial charge is 0.366 e. The molecule has 5 nitrogen and oxygen atoms in total. The van der Waals surface area contributed by atoms with Gasteiger partial charge in [0.25, 0.3) is 0 Å². The fraction of sp³-hybridized carbons (Fsp3) is 0.180. The van der Waals surface area contributed by atoms with E-state index in [-0.39, 0.29) is 5.54 Å². The van der Waals surface area contributed by atoms with Crippen molar-refractivity contribution in [2.24, 2.45) is 11.8 Å². The highest BCUT2D eigenvalue weighted by Gasteiger charge is 2.49. The monoisotopic (exact) mass is 881 g/mol. The Labute approximate surface area is 392 Å². The molecule has 67 heavy (non-hydrogen) atoms. The number of piperidine rings is 1. The summed E-state index contributed by atoms with van der Waals surface area (Å²) in [5, 5.41) is 9.18. The zero-order valence-electron chi connectivity index (χ0n) is 37.5. The molecule has 3 bridgehead atoms. The highest BCUT2D eigenvalue weighted by Crippen LogP contribution is 2.52. The molecule has 14 rings (SSSR count). The Morgan fingerprint density at radius 2 is 0.940 bits per heavy atom. The molecule has 2 saturated carbocycles. The number of anilines is 1. The van der Waals surface area contributed by atoms with Crippen LogP contribution in [0.2, 0.25) is 5.54 Å². The van der Waals surface area contributed by atoms with E-state index in [0.29, 0.717) is 12.1 Å². The van der Waals surface area contributed by atoms with Gasteiger partial charge in [-0.05, 0) is 113 Å². The Hall–Kier alpha value is -7.28. The zero-order chi connectivity index (χ0) is 44.1. The third-order valence-electron chi connectivity index (χ3n) is 16.4. The number of fused-ring (bicyclic) bond motifs is 8. The van der Waals surface area contributed by atoms with E-state index < -0.39 is 8.07 Å². The summed E-state index contributed by atoms with van der Waals surface area (Å²) in [6.45, 7) is 0. The molecule has 3 aliphatic carbocycles. The lowest BCUT2D eigenvalue weighted by Crippen LogP contribution is -2.69. The Bertz CT molecular complexity index is 3430. The number of rotatable bonds is 8. The predicted octanol–water partition coefficient (Wildman–Crippen LogP) is 12.3. The van der Waals surface area contributed by atoms with E-state index in [1.54, 1.807) is 0 Å². The van der Waals surface area contributed by atoms with Crippen LogP contribution in [0.1, 0.15) is 44.3 Å². The molecule has 324 valence electrons. The van der Waals surface area contributed by atoms with Gasteiger partial charge in [-0.25, -0.2) is 9.97 Å². The summed E-state index contributed by atoms with van der Waals surface area (Å²) in [6, 6.07) is 71.2. The lowest BCUT2D eigenvalue weighted by molar-refractivity contribution is 0.234. The Morgan fingerprint density at radius 3 is 1.52 bits per heavy atom. The van der Waals surface area contributed by atoms with Crippen LogP contribution in [0.15, 0.2) is 206 Å². The predicted molar refractivity (Wildman–Crippen MR) is 280 cm³/mol. The Morgan fingerprint density at radius 1 is 0.448 bits per heavy atom. The van der Waals surface area contributed by atoms with Crippen LogP contribution in [-0.4, -0.2) is 39.3 Å². The third-order valence-corrected chi connectivity index (χ3v) is 21.6. The van der Waals surface area contributed by atoms with Crippen molar-refractivity contribution in [2.75, 3.05) is 4.90 Å². The topological polar surface area (TPSA) is 38.9 Å². The number of nitrogens with zero attached hydrogens (tertiary/aromatic N) is 5. The summed E-state index contributed by atoms with van der Waals surface area (Å²) in [4.78, 5) is 14.2. The maximum atomic E-state index is 5.72. The van der Waals surface area contributed by atoms with E-state index in [1.807, 2.05) is 0 Å². The van der Waals surface area contributed by atoms with E-state index in [9.17, 15) is 0 Å². The van der Waals surface area contributed by atoms with Crippen molar-refractivity contribution in [3.63, 3.8) is 0 Å². The van der Waals surface area contributed by atoms with Crippen LogP contribution in [0.3, 0.4) is 0 Å². The fourth-order valence-corrected chi connectivity index (χ4v) is 19.0. The highest BCUT2D eigenvalue weighted by atomic mass is 28.3. The normalized spacial score (nSPS) is 21.2. The lowest BCUT2D eigenvalue weighted by Gasteiger charge is -2.44. The lowest BCUT2D eigenvalue weighted by atomic mass is 9.78. The second-order valence-electron chi connectivity index (χ2n) is 19.6. The van der Waals surface area contributed by atoms with Gasteiger partial charge in [0, 0.05) is 45.4 Å². The summed E-state index contributed by atoms with van der Waals surface area (Å²) >= 11 is 0. The van der Waals surface area contributed by atoms with Crippen LogP contribution < -0.4 is 20.5 Å². The summed E-state index contributed by atoms with van der Waals surface area (Å²) < 4.78 is 4.77. The minimum atomic E-state index is -2.70. The number of hydrogen-bond donors (Lipinski definition) is 0. The van der Waals surface area contributed by atoms with Crippen molar-refractivity contribution in [2.45, 2.75) is 56.1 Å². The number of benzene rings is 7. The van der Waals surface area contributed by atoms with Crippen molar-refractivity contribution < 1.29 is 0 Å². The molecule has 5 atom stereocenters. The summed E-state index contributed by atoms with van der Waals surface area (Å²) in [7, 11) is -2.70. The first-order valence-corrected chi connectivity index (χ1v) is 26.5. The molecule has 10 aromatic rings. The van der Waals surface area contributed by atoms with Crippen LogP contribution >= 0.6 is 0 Å². The van der Waals surface area contributed by atoms with E-state index >= 15 is 0 Å². The highest BCUT2D eigenvalue weighted by molar-refractivity contribution is 7.12. The molecule has 4 aliphatic rings. The molecule has 0 N–H and O–H groups in total. The first kappa shape index (κ1) is 38.9. The van der Waals surface area contributed by atoms with Gasteiger partial charge < -0.3 is 4.90 Å². The van der Waals surface area contributed by atoms with Gasteiger partial charge in [-0.3, -0.25) is 9.13 Å². The maximum Gasteiger partial charge on any atom is 0.159 e. The summed E-state index contributed by atoms with van der Waals surface area (Å²) in [5.74, 6) is 4.36. The molecular weight excluding hydrogens is 831 g/mol. The van der Waals surface area contributed by atoms with Gasteiger partial charge in [-0.1, -0.05) is 164 Å². The number of aromatic nitrogens is 4. The molecule has 1 saturated heterocycles. The Balaban J connectivity index is 0.978. The van der Waals surface area contributed by atoms with Crippen LogP contribution in [0.25, 0.3) is 60.8 Å². The smallest absolute Gasteiger partial charge is 0.159 e. The van der Waals surface area contributed by atoms with Crippen molar-refractivity contribution in [1.29, 1.82) is 0 Å². The van der Waals surface area contributed by atoms with Crippen LogP contribution in [0.5, 0.6) is 0 Å². The fourth-order valence-electron chi connectivity index (χ4n) is 13.6. The average Bonchev–Trinajstić information content (AvgIpc) is 4.00. The first-order chi connectivity index (χ1) is 33.2. The minimum Gasteiger partial charge on any atom is -0.366 e. The Kier molecular flexibility index (Phi) is 8.95. The molecule has 3 fully saturated rings. The number of para-hydroxylation sites is 3. The van der Waals surface area contributed by atoms with Gasteiger partial charge >= 0.3 is 0 Å². The summed E-state index contributed by atoms with van der Waals surface area (Å²) in [6.07, 6.45) is 14.6. The van der Waals surface area contributed by atoms with Crippen LogP contribution in [0, 0.1) is 11.8 Å². The molecule has 4 heterocycles. The van der Waals surface area contributed by atoms with E-state index in [2.05, 4.69) is 220 Å². The number of hydrogen-bond acceptors (Lipinski definition) is 3. The average molecular weight is 882 g/mol. The third kappa shape index (κ3) is 5.98. The SMILES string of the molecule is C1=CC([Si](c2ccccc2)(c2ccccc2)c2ccccc2)CC(c2nc(-n3c4ccccc4c4ccccc43)cc(-n3c4ccccc4c4cc(N5C6CCC7CC5CC7C6)ccc43)n2)=C1. The summed E-state index contributed by atoms with van der Waals surface area (Å²) in [5.41, 5.74) is 7.32. The van der Waals surface area contributed by atoms with Gasteiger partial charge in [0.15, 0.2) is 13.9 Å². The van der Waals surface area contributed by atoms with Gasteiger partial charge in [0.1, 0.15) is 11.6 Å². The van der Waals surface area contributed by atoms with E-state index in [4.69, 9.17) is 9.97 Å². The molecule has 0 spiro atoms. The molecule has 0 amide bonds. The minimum absolute atomic E-state index is 0.190. The van der Waals surface area contributed by atoms with Gasteiger partial charge in [0.05, 0.1) is 22.1 Å². The van der Waals surface area contributed by atoms with Gasteiger partial charge in [0.2, 0.25) is 0 Å². The molecule has 3 aromatic heterocycles. The van der Waals surface area contributed by atoms with Gasteiger partial charge in [-0.15, -0.1) is 0 Å². The van der Waals surface area contributed by atoms with Crippen molar-refractivity contribution in [3.05, 3.63) is 212 Å².